The van der Waals surface area contributed by atoms with Crippen LogP contribution < -0.4 is 10.6 Å². The molecule has 1 aliphatic heterocycles. The number of rotatable bonds is 5. The van der Waals surface area contributed by atoms with Crippen LogP contribution in [0, 0.1) is 0 Å². The highest BCUT2D eigenvalue weighted by Crippen LogP contribution is 2.25. The van der Waals surface area contributed by atoms with E-state index in [-0.39, 0.29) is 6.04 Å². The van der Waals surface area contributed by atoms with Crippen molar-refractivity contribution >= 4 is 40.4 Å². The fourth-order valence-corrected chi connectivity index (χ4v) is 3.83. The van der Waals surface area contributed by atoms with Crippen LogP contribution >= 0.6 is 22.9 Å². The molecule has 2 aromatic rings. The lowest BCUT2D eigenvalue weighted by atomic mass is 10.2. The maximum Gasteiger partial charge on any atom is 0.313 e. The maximum atomic E-state index is 12.2. The van der Waals surface area contributed by atoms with Gasteiger partial charge in [0.2, 0.25) is 0 Å². The van der Waals surface area contributed by atoms with E-state index in [9.17, 15) is 9.59 Å². The molecule has 2 heterocycles. The summed E-state index contributed by atoms with van der Waals surface area (Å²) >= 11 is 7.64. The van der Waals surface area contributed by atoms with Crippen molar-refractivity contribution in [3.8, 4) is 0 Å². The molecule has 0 spiro atoms. The Morgan fingerprint density at radius 3 is 2.62 bits per heavy atom. The molecule has 1 fully saturated rings. The van der Waals surface area contributed by atoms with Crippen molar-refractivity contribution in [3.63, 3.8) is 0 Å². The van der Waals surface area contributed by atoms with Gasteiger partial charge in [0.15, 0.2) is 0 Å². The Kier molecular flexibility index (Phi) is 6.62. The number of ether oxygens (including phenoxy) is 1. The second kappa shape index (κ2) is 9.14. The first-order valence-electron chi connectivity index (χ1n) is 8.34. The Hall–Kier alpha value is -1.93. The van der Waals surface area contributed by atoms with E-state index >= 15 is 0 Å². The number of hydrogen-bond acceptors (Lipinski definition) is 5. The predicted molar refractivity (Wildman–Crippen MR) is 103 cm³/mol. The van der Waals surface area contributed by atoms with E-state index in [0.717, 1.165) is 18.0 Å². The molecule has 1 atom stereocenters. The van der Waals surface area contributed by atoms with Gasteiger partial charge in [-0.1, -0.05) is 29.8 Å². The van der Waals surface area contributed by atoms with Gasteiger partial charge in [0.25, 0.3) is 0 Å². The first-order chi connectivity index (χ1) is 12.6. The summed E-state index contributed by atoms with van der Waals surface area (Å²) in [6.45, 7) is 3.29. The molecule has 1 unspecified atom stereocenters. The van der Waals surface area contributed by atoms with E-state index < -0.39 is 11.8 Å². The van der Waals surface area contributed by atoms with Crippen LogP contribution in [0.5, 0.6) is 0 Å². The second-order valence-corrected chi connectivity index (χ2v) is 7.21. The molecule has 0 aliphatic carbocycles. The van der Waals surface area contributed by atoms with Gasteiger partial charge in [-0.25, -0.2) is 0 Å². The fraction of sp³-hybridized carbons (Fsp3) is 0.333. The molecule has 26 heavy (non-hydrogen) atoms. The summed E-state index contributed by atoms with van der Waals surface area (Å²) in [6, 6.07) is 10.9. The van der Waals surface area contributed by atoms with Crippen LogP contribution in [0.1, 0.15) is 10.9 Å². The summed E-state index contributed by atoms with van der Waals surface area (Å²) in [5.74, 6) is -1.41. The molecule has 0 bridgehead atoms. The lowest BCUT2D eigenvalue weighted by Gasteiger charge is -2.34. The number of hydrogen-bond donors (Lipinski definition) is 2. The van der Waals surface area contributed by atoms with Crippen molar-refractivity contribution in [2.45, 2.75) is 6.04 Å². The number of benzene rings is 1. The molecule has 1 aliphatic rings. The Balaban J connectivity index is 1.60. The number of carbonyl (C=O) groups is 2. The van der Waals surface area contributed by atoms with Gasteiger partial charge < -0.3 is 15.4 Å². The number of carbonyl (C=O) groups excluding carboxylic acids is 2. The highest BCUT2D eigenvalue weighted by Gasteiger charge is 2.25. The zero-order valence-electron chi connectivity index (χ0n) is 14.1. The van der Waals surface area contributed by atoms with Crippen LogP contribution in [0.25, 0.3) is 0 Å². The van der Waals surface area contributed by atoms with Crippen LogP contribution in [-0.2, 0) is 14.3 Å². The molecule has 1 aromatic carbocycles. The topological polar surface area (TPSA) is 70.7 Å². The van der Waals surface area contributed by atoms with Crippen LogP contribution in [0.2, 0.25) is 5.02 Å². The number of anilines is 1. The number of para-hydroxylation sites is 1. The minimum absolute atomic E-state index is 0.0240. The summed E-state index contributed by atoms with van der Waals surface area (Å²) in [4.78, 5) is 27.8. The smallest absolute Gasteiger partial charge is 0.313 e. The summed E-state index contributed by atoms with van der Waals surface area (Å²) in [7, 11) is 0. The summed E-state index contributed by atoms with van der Waals surface area (Å²) in [6.07, 6.45) is 0. The molecule has 138 valence electrons. The third kappa shape index (κ3) is 4.82. The molecule has 2 N–H and O–H groups in total. The number of thiophene rings is 1. The largest absolute Gasteiger partial charge is 0.379 e. The first-order valence-corrected chi connectivity index (χ1v) is 9.60. The van der Waals surface area contributed by atoms with Gasteiger partial charge in [-0.2, -0.15) is 0 Å². The fourth-order valence-electron chi connectivity index (χ4n) is 2.79. The molecule has 0 radical (unpaired) electrons. The molecule has 1 saturated heterocycles. The third-order valence-electron chi connectivity index (χ3n) is 4.14. The lowest BCUT2D eigenvalue weighted by Crippen LogP contribution is -2.45. The first kappa shape index (κ1) is 18.8. The minimum atomic E-state index is -0.731. The zero-order chi connectivity index (χ0) is 18.4. The molecular weight excluding hydrogens is 374 g/mol. The zero-order valence-corrected chi connectivity index (χ0v) is 15.7. The number of nitrogens with one attached hydrogen (secondary N) is 2. The maximum absolute atomic E-state index is 12.2. The second-order valence-electron chi connectivity index (χ2n) is 5.82. The van der Waals surface area contributed by atoms with Gasteiger partial charge >= 0.3 is 11.8 Å². The van der Waals surface area contributed by atoms with Crippen molar-refractivity contribution in [1.29, 1.82) is 0 Å². The summed E-state index contributed by atoms with van der Waals surface area (Å²) < 4.78 is 5.41. The Morgan fingerprint density at radius 2 is 1.92 bits per heavy atom. The Labute approximate surface area is 161 Å². The third-order valence-corrected chi connectivity index (χ3v) is 5.45. The highest BCUT2D eigenvalue weighted by molar-refractivity contribution is 7.10. The number of nitrogens with zero attached hydrogens (tertiary/aromatic N) is 1. The monoisotopic (exact) mass is 393 g/mol. The molecule has 8 heteroatoms. The van der Waals surface area contributed by atoms with Crippen molar-refractivity contribution < 1.29 is 14.3 Å². The van der Waals surface area contributed by atoms with E-state index in [2.05, 4.69) is 15.5 Å². The molecular formula is C18H20ClN3O3S. The molecule has 2 amide bonds. The van der Waals surface area contributed by atoms with Gasteiger partial charge in [0.05, 0.1) is 30.0 Å². The predicted octanol–water partition coefficient (Wildman–Crippen LogP) is 2.53. The average molecular weight is 394 g/mol. The van der Waals surface area contributed by atoms with Gasteiger partial charge in [-0.15, -0.1) is 11.3 Å². The van der Waals surface area contributed by atoms with Crippen molar-refractivity contribution in [2.24, 2.45) is 0 Å². The van der Waals surface area contributed by atoms with Gasteiger partial charge in [0, 0.05) is 24.5 Å². The van der Waals surface area contributed by atoms with E-state index in [0.29, 0.717) is 30.5 Å². The van der Waals surface area contributed by atoms with Gasteiger partial charge in [0.1, 0.15) is 0 Å². The van der Waals surface area contributed by atoms with E-state index in [1.165, 1.54) is 0 Å². The van der Waals surface area contributed by atoms with Gasteiger partial charge in [-0.05, 0) is 23.6 Å². The summed E-state index contributed by atoms with van der Waals surface area (Å²) in [5, 5.41) is 7.67. The van der Waals surface area contributed by atoms with Crippen LogP contribution in [0.15, 0.2) is 41.8 Å². The van der Waals surface area contributed by atoms with Gasteiger partial charge in [-0.3, -0.25) is 14.5 Å². The number of amides is 2. The molecule has 0 saturated carbocycles. The molecule has 1 aromatic heterocycles. The lowest BCUT2D eigenvalue weighted by molar-refractivity contribution is -0.136. The van der Waals surface area contributed by atoms with E-state index in [4.69, 9.17) is 16.3 Å². The SMILES string of the molecule is O=C(NCC(c1cccs1)N1CCOCC1)C(=O)Nc1ccccc1Cl. The Bertz CT molecular complexity index is 748. The van der Waals surface area contributed by atoms with Crippen LogP contribution in [-0.4, -0.2) is 49.6 Å². The number of morpholine rings is 1. The quantitative estimate of drug-likeness (QED) is 0.766. The average Bonchev–Trinajstić information content (AvgIpc) is 3.19. The molecule has 6 nitrogen and oxygen atoms in total. The minimum Gasteiger partial charge on any atom is -0.379 e. The highest BCUT2D eigenvalue weighted by atomic mass is 35.5. The standard InChI is InChI=1S/C18H20ClN3O3S/c19-13-4-1-2-5-14(13)21-18(24)17(23)20-12-15(16-6-3-11-26-16)22-7-9-25-10-8-22/h1-6,11,15H,7-10,12H2,(H,20,23)(H,21,24). The Morgan fingerprint density at radius 1 is 1.15 bits per heavy atom. The normalized spacial score (nSPS) is 16.0. The van der Waals surface area contributed by atoms with Crippen LogP contribution in [0.4, 0.5) is 5.69 Å². The molecule has 3 rings (SSSR count). The van der Waals surface area contributed by atoms with Crippen molar-refractivity contribution in [1.82, 2.24) is 10.2 Å². The van der Waals surface area contributed by atoms with E-state index in [1.54, 1.807) is 35.6 Å². The van der Waals surface area contributed by atoms with E-state index in [1.807, 2.05) is 17.5 Å². The number of halogens is 1. The summed E-state index contributed by atoms with van der Waals surface area (Å²) in [5.41, 5.74) is 0.414. The van der Waals surface area contributed by atoms with Crippen LogP contribution in [0.3, 0.4) is 0 Å². The van der Waals surface area contributed by atoms with Crippen molar-refractivity contribution in [2.75, 3.05) is 38.2 Å². The van der Waals surface area contributed by atoms with Crippen molar-refractivity contribution in [3.05, 3.63) is 51.7 Å².